The fraction of sp³-hybridized carbons (Fsp3) is 0.357. The van der Waals surface area contributed by atoms with Crippen LogP contribution in [-0.4, -0.2) is 31.6 Å². The third kappa shape index (κ3) is 3.13. The van der Waals surface area contributed by atoms with E-state index in [0.717, 1.165) is 34.3 Å². The lowest BCUT2D eigenvalue weighted by molar-refractivity contribution is -0.133. The third-order valence-corrected chi connectivity index (χ3v) is 4.75. The topological polar surface area (TPSA) is 68.0 Å². The Bertz CT molecular complexity index is 698. The smallest absolute Gasteiger partial charge is 0.313 e. The SMILES string of the molecule is Cc1cc(Br)ccc1-c1nnc(SCC(=O)O)n1C1CC1. The number of rotatable bonds is 5. The van der Waals surface area contributed by atoms with Crippen molar-refractivity contribution >= 4 is 33.7 Å². The number of aryl methyl sites for hydroxylation is 1. The Morgan fingerprint density at radius 1 is 1.48 bits per heavy atom. The molecule has 5 nitrogen and oxygen atoms in total. The van der Waals surface area contributed by atoms with Gasteiger partial charge in [-0.1, -0.05) is 27.7 Å². The molecule has 1 N–H and O–H groups in total. The fourth-order valence-electron chi connectivity index (χ4n) is 2.23. The van der Waals surface area contributed by atoms with Gasteiger partial charge in [0.15, 0.2) is 11.0 Å². The van der Waals surface area contributed by atoms with E-state index in [1.54, 1.807) is 0 Å². The van der Waals surface area contributed by atoms with Crippen molar-refractivity contribution < 1.29 is 9.90 Å². The largest absolute Gasteiger partial charge is 0.481 e. The zero-order chi connectivity index (χ0) is 15.0. The molecule has 2 aromatic rings. The highest BCUT2D eigenvalue weighted by molar-refractivity contribution is 9.10. The lowest BCUT2D eigenvalue weighted by Gasteiger charge is -2.10. The second-order valence-corrected chi connectivity index (χ2v) is 6.91. The van der Waals surface area contributed by atoms with Crippen LogP contribution in [0.1, 0.15) is 24.4 Å². The summed E-state index contributed by atoms with van der Waals surface area (Å²) >= 11 is 4.69. The first kappa shape index (κ1) is 14.6. The Morgan fingerprint density at radius 2 is 2.24 bits per heavy atom. The highest BCUT2D eigenvalue weighted by Gasteiger charge is 2.30. The molecular formula is C14H14BrN3O2S. The summed E-state index contributed by atoms with van der Waals surface area (Å²) in [6.07, 6.45) is 2.20. The van der Waals surface area contributed by atoms with Gasteiger partial charge in [0.25, 0.3) is 0 Å². The first-order valence-electron chi connectivity index (χ1n) is 6.62. The summed E-state index contributed by atoms with van der Waals surface area (Å²) in [6.45, 7) is 2.04. The van der Waals surface area contributed by atoms with Crippen LogP contribution >= 0.6 is 27.7 Å². The minimum atomic E-state index is -0.841. The minimum absolute atomic E-state index is 0.00414. The summed E-state index contributed by atoms with van der Waals surface area (Å²) in [5.74, 6) is -0.00780. The number of thioether (sulfide) groups is 1. The van der Waals surface area contributed by atoms with Crippen molar-refractivity contribution in [3.8, 4) is 11.4 Å². The fourth-order valence-corrected chi connectivity index (χ4v) is 3.43. The Labute approximate surface area is 134 Å². The molecule has 0 atom stereocenters. The first-order valence-corrected chi connectivity index (χ1v) is 8.40. The molecule has 1 fully saturated rings. The van der Waals surface area contributed by atoms with E-state index in [9.17, 15) is 4.79 Å². The van der Waals surface area contributed by atoms with Crippen LogP contribution in [-0.2, 0) is 4.79 Å². The van der Waals surface area contributed by atoms with E-state index in [2.05, 4.69) is 30.7 Å². The van der Waals surface area contributed by atoms with Gasteiger partial charge in [0, 0.05) is 16.1 Å². The van der Waals surface area contributed by atoms with E-state index in [0.29, 0.717) is 11.2 Å². The second kappa shape index (κ2) is 5.81. The van der Waals surface area contributed by atoms with Crippen molar-refractivity contribution in [1.29, 1.82) is 0 Å². The molecule has 3 rings (SSSR count). The van der Waals surface area contributed by atoms with Gasteiger partial charge in [0.05, 0.1) is 5.75 Å². The van der Waals surface area contributed by atoms with Crippen LogP contribution in [0.3, 0.4) is 0 Å². The van der Waals surface area contributed by atoms with E-state index in [1.165, 1.54) is 11.8 Å². The molecule has 0 unspecified atom stereocenters. The normalized spacial score (nSPS) is 14.4. The minimum Gasteiger partial charge on any atom is -0.481 e. The number of carboxylic acid groups (broad SMARTS) is 1. The van der Waals surface area contributed by atoms with Crippen molar-refractivity contribution in [2.24, 2.45) is 0 Å². The molecule has 21 heavy (non-hydrogen) atoms. The van der Waals surface area contributed by atoms with Crippen molar-refractivity contribution in [2.45, 2.75) is 31.0 Å². The van der Waals surface area contributed by atoms with Gasteiger partial charge in [-0.15, -0.1) is 10.2 Å². The van der Waals surface area contributed by atoms with E-state index >= 15 is 0 Å². The summed E-state index contributed by atoms with van der Waals surface area (Å²) < 4.78 is 3.12. The van der Waals surface area contributed by atoms with Gasteiger partial charge in [-0.3, -0.25) is 9.36 Å². The van der Waals surface area contributed by atoms with Crippen LogP contribution in [0.4, 0.5) is 0 Å². The van der Waals surface area contributed by atoms with Gasteiger partial charge in [-0.25, -0.2) is 0 Å². The average Bonchev–Trinajstić information content (AvgIpc) is 3.17. The maximum absolute atomic E-state index is 10.8. The number of hydrogen-bond donors (Lipinski definition) is 1. The van der Waals surface area contributed by atoms with Crippen molar-refractivity contribution in [1.82, 2.24) is 14.8 Å². The van der Waals surface area contributed by atoms with Gasteiger partial charge in [0.2, 0.25) is 0 Å². The molecule has 1 aliphatic rings. The molecule has 0 amide bonds. The molecule has 110 valence electrons. The number of aromatic nitrogens is 3. The number of nitrogens with zero attached hydrogens (tertiary/aromatic N) is 3. The van der Waals surface area contributed by atoms with E-state index in [-0.39, 0.29) is 5.75 Å². The molecule has 0 aliphatic heterocycles. The maximum atomic E-state index is 10.8. The molecule has 0 saturated heterocycles. The second-order valence-electron chi connectivity index (χ2n) is 5.05. The molecule has 1 aromatic heterocycles. The van der Waals surface area contributed by atoms with Crippen molar-refractivity contribution in [3.63, 3.8) is 0 Å². The van der Waals surface area contributed by atoms with Gasteiger partial charge in [-0.05, 0) is 43.5 Å². The number of aliphatic carboxylic acids is 1. The van der Waals surface area contributed by atoms with Crippen LogP contribution in [0.15, 0.2) is 27.8 Å². The van der Waals surface area contributed by atoms with E-state index < -0.39 is 5.97 Å². The van der Waals surface area contributed by atoms with Crippen LogP contribution in [0.25, 0.3) is 11.4 Å². The number of halogens is 1. The Balaban J connectivity index is 2.00. The van der Waals surface area contributed by atoms with Gasteiger partial charge >= 0.3 is 5.97 Å². The molecular weight excluding hydrogens is 354 g/mol. The molecule has 1 saturated carbocycles. The van der Waals surface area contributed by atoms with E-state index in [1.807, 2.05) is 25.1 Å². The Kier molecular flexibility index (Phi) is 4.03. The van der Waals surface area contributed by atoms with E-state index in [4.69, 9.17) is 5.11 Å². The quantitative estimate of drug-likeness (QED) is 0.818. The average molecular weight is 368 g/mol. The maximum Gasteiger partial charge on any atom is 0.313 e. The highest BCUT2D eigenvalue weighted by Crippen LogP contribution is 2.41. The monoisotopic (exact) mass is 367 g/mol. The summed E-state index contributed by atoms with van der Waals surface area (Å²) in [5.41, 5.74) is 2.16. The number of hydrogen-bond acceptors (Lipinski definition) is 4. The summed E-state index contributed by atoms with van der Waals surface area (Å²) in [6, 6.07) is 6.45. The molecule has 0 radical (unpaired) electrons. The summed E-state index contributed by atoms with van der Waals surface area (Å²) in [4.78, 5) is 10.8. The number of carboxylic acids is 1. The zero-order valence-electron chi connectivity index (χ0n) is 11.4. The van der Waals surface area contributed by atoms with Gasteiger partial charge < -0.3 is 5.11 Å². The molecule has 0 bridgehead atoms. The summed E-state index contributed by atoms with van der Waals surface area (Å²) in [5, 5.41) is 18.0. The molecule has 0 spiro atoms. The van der Waals surface area contributed by atoms with Crippen molar-refractivity contribution in [2.75, 3.05) is 5.75 Å². The third-order valence-electron chi connectivity index (χ3n) is 3.33. The first-order chi connectivity index (χ1) is 10.1. The lowest BCUT2D eigenvalue weighted by Crippen LogP contribution is -2.03. The van der Waals surface area contributed by atoms with Crippen LogP contribution in [0.2, 0.25) is 0 Å². The molecule has 1 aromatic carbocycles. The van der Waals surface area contributed by atoms with Crippen molar-refractivity contribution in [3.05, 3.63) is 28.2 Å². The zero-order valence-corrected chi connectivity index (χ0v) is 13.8. The predicted molar refractivity (Wildman–Crippen MR) is 84.5 cm³/mol. The Morgan fingerprint density at radius 3 is 2.86 bits per heavy atom. The number of carbonyl (C=O) groups is 1. The lowest BCUT2D eigenvalue weighted by atomic mass is 10.1. The highest BCUT2D eigenvalue weighted by atomic mass is 79.9. The molecule has 7 heteroatoms. The molecule has 1 heterocycles. The van der Waals surface area contributed by atoms with Crippen LogP contribution in [0.5, 0.6) is 0 Å². The van der Waals surface area contributed by atoms with Crippen LogP contribution < -0.4 is 0 Å². The van der Waals surface area contributed by atoms with Crippen LogP contribution in [0, 0.1) is 6.92 Å². The van der Waals surface area contributed by atoms with Gasteiger partial charge in [0.1, 0.15) is 0 Å². The molecule has 1 aliphatic carbocycles. The predicted octanol–water partition coefficient (Wildman–Crippen LogP) is 3.53. The Hall–Kier alpha value is -1.34. The van der Waals surface area contributed by atoms with Gasteiger partial charge in [-0.2, -0.15) is 0 Å². The summed E-state index contributed by atoms with van der Waals surface area (Å²) in [7, 11) is 0. The standard InChI is InChI=1S/C14H14BrN3O2S/c1-8-6-9(15)2-5-11(8)13-16-17-14(21-7-12(19)20)18(13)10-3-4-10/h2,5-6,10H,3-4,7H2,1H3,(H,19,20). The number of benzene rings is 1.